The standard InChI is InChI=1S/C24H25N5O2S/c1-24(2,3)23-28-22(31-29-23)18-8-5-4-7-17(18)21(30)26-12-6-9-20-27-19(15-32-20)16-10-13-25-14-11-16/h4-5,7-8,10-11,13-15H,6,9,12H2,1-3H3,(H,26,30). The summed E-state index contributed by atoms with van der Waals surface area (Å²) in [6.07, 6.45) is 5.13. The monoisotopic (exact) mass is 447 g/mol. The Balaban J connectivity index is 1.35. The number of benzene rings is 1. The molecule has 0 aliphatic carbocycles. The van der Waals surface area contributed by atoms with Gasteiger partial charge in [0.05, 0.1) is 21.8 Å². The molecular weight excluding hydrogens is 422 g/mol. The van der Waals surface area contributed by atoms with Crippen LogP contribution < -0.4 is 5.32 Å². The lowest BCUT2D eigenvalue weighted by Crippen LogP contribution is -2.25. The molecule has 0 spiro atoms. The molecule has 0 radical (unpaired) electrons. The first-order chi connectivity index (χ1) is 15.4. The number of aryl methyl sites for hydroxylation is 1. The minimum absolute atomic E-state index is 0.160. The predicted molar refractivity (Wildman–Crippen MR) is 124 cm³/mol. The van der Waals surface area contributed by atoms with Crippen molar-refractivity contribution in [2.24, 2.45) is 0 Å². The van der Waals surface area contributed by atoms with Gasteiger partial charge in [0.25, 0.3) is 11.8 Å². The molecule has 0 bridgehead atoms. The smallest absolute Gasteiger partial charge is 0.258 e. The first-order valence-corrected chi connectivity index (χ1v) is 11.4. The highest BCUT2D eigenvalue weighted by Crippen LogP contribution is 2.26. The van der Waals surface area contributed by atoms with Gasteiger partial charge < -0.3 is 9.84 Å². The summed E-state index contributed by atoms with van der Waals surface area (Å²) < 4.78 is 5.44. The number of nitrogens with zero attached hydrogens (tertiary/aromatic N) is 4. The number of pyridine rings is 1. The molecule has 164 valence electrons. The highest BCUT2D eigenvalue weighted by molar-refractivity contribution is 7.09. The number of carbonyl (C=O) groups is 1. The topological polar surface area (TPSA) is 93.8 Å². The molecule has 4 rings (SSSR count). The summed E-state index contributed by atoms with van der Waals surface area (Å²) in [6, 6.07) is 11.2. The van der Waals surface area contributed by atoms with Crippen molar-refractivity contribution in [1.82, 2.24) is 25.4 Å². The number of thiazole rings is 1. The van der Waals surface area contributed by atoms with Crippen LogP contribution in [-0.4, -0.2) is 32.6 Å². The average Bonchev–Trinajstić information content (AvgIpc) is 3.47. The Hall–Kier alpha value is -3.39. The van der Waals surface area contributed by atoms with Crippen molar-refractivity contribution in [2.75, 3.05) is 6.54 Å². The SMILES string of the molecule is CC(C)(C)c1noc(-c2ccccc2C(=O)NCCCc2nc(-c3ccncc3)cs2)n1. The summed E-state index contributed by atoms with van der Waals surface area (Å²) in [5.41, 5.74) is 2.94. The fourth-order valence-electron chi connectivity index (χ4n) is 3.12. The quantitative estimate of drug-likeness (QED) is 0.404. The second-order valence-corrected chi connectivity index (χ2v) is 9.38. The molecule has 1 N–H and O–H groups in total. The normalized spacial score (nSPS) is 11.5. The van der Waals surface area contributed by atoms with Gasteiger partial charge in [-0.2, -0.15) is 4.98 Å². The number of hydrogen-bond acceptors (Lipinski definition) is 7. The molecule has 8 heteroatoms. The lowest BCUT2D eigenvalue weighted by molar-refractivity contribution is 0.0953. The van der Waals surface area contributed by atoms with Crippen molar-refractivity contribution in [3.05, 3.63) is 70.6 Å². The van der Waals surface area contributed by atoms with Gasteiger partial charge in [0.15, 0.2) is 5.82 Å². The van der Waals surface area contributed by atoms with Gasteiger partial charge in [-0.3, -0.25) is 9.78 Å². The first-order valence-electron chi connectivity index (χ1n) is 10.5. The van der Waals surface area contributed by atoms with Crippen molar-refractivity contribution in [3.63, 3.8) is 0 Å². The third kappa shape index (κ3) is 5.08. The molecule has 0 saturated carbocycles. The minimum Gasteiger partial charge on any atom is -0.352 e. The zero-order chi connectivity index (χ0) is 22.6. The van der Waals surface area contributed by atoms with Gasteiger partial charge in [-0.1, -0.05) is 38.1 Å². The molecule has 1 aromatic carbocycles. The molecule has 0 unspecified atom stereocenters. The van der Waals surface area contributed by atoms with E-state index in [0.29, 0.717) is 29.4 Å². The molecule has 3 heterocycles. The van der Waals surface area contributed by atoms with Gasteiger partial charge in [0, 0.05) is 41.7 Å². The van der Waals surface area contributed by atoms with Crippen molar-refractivity contribution < 1.29 is 9.32 Å². The van der Waals surface area contributed by atoms with Gasteiger partial charge in [-0.05, 0) is 30.7 Å². The predicted octanol–water partition coefficient (Wildman–Crippen LogP) is 4.92. The van der Waals surface area contributed by atoms with Crippen molar-refractivity contribution in [2.45, 2.75) is 39.0 Å². The van der Waals surface area contributed by atoms with Gasteiger partial charge in [-0.15, -0.1) is 11.3 Å². The largest absolute Gasteiger partial charge is 0.352 e. The number of amides is 1. The van der Waals surface area contributed by atoms with Gasteiger partial charge >= 0.3 is 0 Å². The summed E-state index contributed by atoms with van der Waals surface area (Å²) in [7, 11) is 0. The molecule has 7 nitrogen and oxygen atoms in total. The number of rotatable bonds is 7. The van der Waals surface area contributed by atoms with Crippen molar-refractivity contribution >= 4 is 17.2 Å². The number of nitrogens with one attached hydrogen (secondary N) is 1. The fourth-order valence-corrected chi connectivity index (χ4v) is 3.97. The van der Waals surface area contributed by atoms with E-state index in [0.717, 1.165) is 29.1 Å². The van der Waals surface area contributed by atoms with Crippen molar-refractivity contribution in [1.29, 1.82) is 0 Å². The summed E-state index contributed by atoms with van der Waals surface area (Å²) in [5, 5.41) is 10.2. The van der Waals surface area contributed by atoms with Crippen LogP contribution in [0.15, 0.2) is 58.7 Å². The van der Waals surface area contributed by atoms with E-state index in [2.05, 4.69) is 30.8 Å². The molecule has 0 atom stereocenters. The van der Waals surface area contributed by atoms with Gasteiger partial charge in [0.2, 0.25) is 0 Å². The molecule has 0 fully saturated rings. The third-order valence-corrected chi connectivity index (χ3v) is 5.79. The van der Waals surface area contributed by atoms with E-state index in [9.17, 15) is 4.79 Å². The Morgan fingerprint density at radius 1 is 1.09 bits per heavy atom. The van der Waals surface area contributed by atoms with Crippen LogP contribution in [0.25, 0.3) is 22.7 Å². The van der Waals surface area contributed by atoms with E-state index in [1.54, 1.807) is 29.8 Å². The minimum atomic E-state index is -0.230. The van der Waals surface area contributed by atoms with Crippen LogP contribution in [0.3, 0.4) is 0 Å². The zero-order valence-electron chi connectivity index (χ0n) is 18.3. The second kappa shape index (κ2) is 9.40. The molecular formula is C24H25N5O2S. The van der Waals surface area contributed by atoms with E-state index >= 15 is 0 Å². The second-order valence-electron chi connectivity index (χ2n) is 8.44. The number of carbonyl (C=O) groups excluding carboxylic acids is 1. The van der Waals surface area contributed by atoms with E-state index in [4.69, 9.17) is 4.52 Å². The van der Waals surface area contributed by atoms with Gasteiger partial charge in [-0.25, -0.2) is 4.98 Å². The Bertz CT molecular complexity index is 1190. The third-order valence-electron chi connectivity index (χ3n) is 4.88. The van der Waals surface area contributed by atoms with E-state index < -0.39 is 0 Å². The average molecular weight is 448 g/mol. The maximum Gasteiger partial charge on any atom is 0.258 e. The van der Waals surface area contributed by atoms with Crippen molar-refractivity contribution in [3.8, 4) is 22.7 Å². The maximum atomic E-state index is 12.8. The number of aromatic nitrogens is 4. The molecule has 32 heavy (non-hydrogen) atoms. The summed E-state index contributed by atoms with van der Waals surface area (Å²) in [6.45, 7) is 6.60. The van der Waals surface area contributed by atoms with E-state index in [-0.39, 0.29) is 11.3 Å². The van der Waals surface area contributed by atoms with Crippen LogP contribution in [-0.2, 0) is 11.8 Å². The highest BCUT2D eigenvalue weighted by Gasteiger charge is 2.23. The maximum absolute atomic E-state index is 12.8. The molecule has 3 aromatic heterocycles. The van der Waals surface area contributed by atoms with Crippen LogP contribution in [0, 0.1) is 0 Å². The summed E-state index contributed by atoms with van der Waals surface area (Å²) in [4.78, 5) is 26.0. The molecule has 0 saturated heterocycles. The lowest BCUT2D eigenvalue weighted by Gasteiger charge is -2.11. The summed E-state index contributed by atoms with van der Waals surface area (Å²) in [5.74, 6) is 0.803. The van der Waals surface area contributed by atoms with Crippen LogP contribution in [0.2, 0.25) is 0 Å². The lowest BCUT2D eigenvalue weighted by atomic mass is 9.96. The van der Waals surface area contributed by atoms with Crippen LogP contribution >= 0.6 is 11.3 Å². The zero-order valence-corrected chi connectivity index (χ0v) is 19.1. The molecule has 4 aromatic rings. The molecule has 0 aliphatic heterocycles. The van der Waals surface area contributed by atoms with Crippen LogP contribution in [0.1, 0.15) is 48.4 Å². The first kappa shape index (κ1) is 21.8. The highest BCUT2D eigenvalue weighted by atomic mass is 32.1. The molecule has 1 amide bonds. The Labute approximate surface area is 190 Å². The Morgan fingerprint density at radius 3 is 2.62 bits per heavy atom. The Morgan fingerprint density at radius 2 is 1.88 bits per heavy atom. The van der Waals surface area contributed by atoms with Crippen LogP contribution in [0.5, 0.6) is 0 Å². The van der Waals surface area contributed by atoms with E-state index in [1.807, 2.05) is 51.1 Å². The van der Waals surface area contributed by atoms with Gasteiger partial charge in [0.1, 0.15) is 0 Å². The van der Waals surface area contributed by atoms with Crippen LogP contribution in [0.4, 0.5) is 0 Å². The molecule has 0 aliphatic rings. The number of hydrogen-bond donors (Lipinski definition) is 1. The van der Waals surface area contributed by atoms with E-state index in [1.165, 1.54) is 0 Å². The Kier molecular flexibility index (Phi) is 6.41. The summed E-state index contributed by atoms with van der Waals surface area (Å²) >= 11 is 1.63. The fraction of sp³-hybridized carbons (Fsp3) is 0.292.